The molecule has 1 amide bonds. The number of piperidine rings is 1. The highest BCUT2D eigenvalue weighted by molar-refractivity contribution is 5.80. The standard InChI is InChI=1S/C23H23F3N2O3/c1-14(2)30-22(29)28-11-9-16(10-12-28)21-27-19-13-17(5-8-20(19)31-21)15-3-6-18(7-4-15)23(24,25)26/h3-8,13-14,16H,9-12H2,1-2H3. The van der Waals surface area contributed by atoms with Gasteiger partial charge in [-0.25, -0.2) is 9.78 Å². The number of carbonyl (C=O) groups is 1. The third-order valence-electron chi connectivity index (χ3n) is 5.39. The van der Waals surface area contributed by atoms with E-state index in [0.717, 1.165) is 30.5 Å². The molecule has 0 atom stereocenters. The van der Waals surface area contributed by atoms with Gasteiger partial charge in [0.15, 0.2) is 11.5 Å². The normalized spacial score (nSPS) is 15.6. The number of benzene rings is 2. The molecule has 0 bridgehead atoms. The van der Waals surface area contributed by atoms with E-state index in [1.54, 1.807) is 11.0 Å². The lowest BCUT2D eigenvalue weighted by Crippen LogP contribution is -2.39. The lowest BCUT2D eigenvalue weighted by molar-refractivity contribution is -0.137. The maximum absolute atomic E-state index is 12.8. The number of hydrogen-bond donors (Lipinski definition) is 0. The molecule has 3 aromatic rings. The average molecular weight is 432 g/mol. The monoisotopic (exact) mass is 432 g/mol. The Morgan fingerprint density at radius 1 is 1.10 bits per heavy atom. The highest BCUT2D eigenvalue weighted by atomic mass is 19.4. The van der Waals surface area contributed by atoms with Crippen molar-refractivity contribution in [2.75, 3.05) is 13.1 Å². The molecule has 1 aromatic heterocycles. The molecule has 0 radical (unpaired) electrons. The first-order chi connectivity index (χ1) is 14.7. The highest BCUT2D eigenvalue weighted by Crippen LogP contribution is 2.34. The topological polar surface area (TPSA) is 55.6 Å². The molecule has 0 spiro atoms. The number of likely N-dealkylation sites (tertiary alicyclic amines) is 1. The first-order valence-electron chi connectivity index (χ1n) is 10.2. The maximum Gasteiger partial charge on any atom is 0.416 e. The van der Waals surface area contributed by atoms with Gasteiger partial charge in [0.2, 0.25) is 0 Å². The van der Waals surface area contributed by atoms with Gasteiger partial charge in [0.05, 0.1) is 11.7 Å². The highest BCUT2D eigenvalue weighted by Gasteiger charge is 2.30. The van der Waals surface area contributed by atoms with E-state index >= 15 is 0 Å². The van der Waals surface area contributed by atoms with Crippen LogP contribution in [-0.2, 0) is 10.9 Å². The molecule has 8 heteroatoms. The van der Waals surface area contributed by atoms with Gasteiger partial charge in [-0.3, -0.25) is 0 Å². The Bertz CT molecular complexity index is 1070. The second kappa shape index (κ2) is 8.24. The lowest BCUT2D eigenvalue weighted by atomic mass is 9.97. The smallest absolute Gasteiger partial charge is 0.416 e. The van der Waals surface area contributed by atoms with Crippen LogP contribution in [0.1, 0.15) is 44.1 Å². The molecule has 2 heterocycles. The van der Waals surface area contributed by atoms with E-state index in [2.05, 4.69) is 4.98 Å². The summed E-state index contributed by atoms with van der Waals surface area (Å²) in [6.07, 6.45) is -3.35. The summed E-state index contributed by atoms with van der Waals surface area (Å²) in [5, 5.41) is 0. The van der Waals surface area contributed by atoms with Crippen molar-refractivity contribution in [3.05, 3.63) is 53.9 Å². The zero-order valence-electron chi connectivity index (χ0n) is 17.3. The Kier molecular flexibility index (Phi) is 5.64. The van der Waals surface area contributed by atoms with Gasteiger partial charge in [0.1, 0.15) is 5.52 Å². The molecule has 2 aromatic carbocycles. The molecule has 0 aliphatic carbocycles. The first-order valence-corrected chi connectivity index (χ1v) is 10.2. The predicted octanol–water partition coefficient (Wildman–Crippen LogP) is 6.24. The summed E-state index contributed by atoms with van der Waals surface area (Å²) in [5.41, 5.74) is 2.06. The number of nitrogens with zero attached hydrogens (tertiary/aromatic N) is 2. The largest absolute Gasteiger partial charge is 0.447 e. The number of oxazole rings is 1. The van der Waals surface area contributed by atoms with Crippen LogP contribution in [0.3, 0.4) is 0 Å². The van der Waals surface area contributed by atoms with E-state index < -0.39 is 11.7 Å². The number of halogens is 3. The zero-order chi connectivity index (χ0) is 22.2. The molecule has 1 fully saturated rings. The molecule has 164 valence electrons. The van der Waals surface area contributed by atoms with Crippen LogP contribution in [0.5, 0.6) is 0 Å². The quantitative estimate of drug-likeness (QED) is 0.492. The Morgan fingerprint density at radius 3 is 2.35 bits per heavy atom. The van der Waals surface area contributed by atoms with Crippen molar-refractivity contribution in [1.82, 2.24) is 9.88 Å². The second-order valence-corrected chi connectivity index (χ2v) is 8.00. The van der Waals surface area contributed by atoms with Gasteiger partial charge in [-0.2, -0.15) is 13.2 Å². The number of carbonyl (C=O) groups excluding carboxylic acids is 1. The third kappa shape index (κ3) is 4.68. The van der Waals surface area contributed by atoms with Crippen LogP contribution >= 0.6 is 0 Å². The van der Waals surface area contributed by atoms with E-state index in [9.17, 15) is 18.0 Å². The van der Waals surface area contributed by atoms with Crippen LogP contribution in [0.4, 0.5) is 18.0 Å². The Balaban J connectivity index is 1.48. The fourth-order valence-electron chi connectivity index (χ4n) is 3.74. The van der Waals surface area contributed by atoms with Gasteiger partial charge in [-0.1, -0.05) is 18.2 Å². The molecule has 0 unspecified atom stereocenters. The van der Waals surface area contributed by atoms with Crippen molar-refractivity contribution in [2.24, 2.45) is 0 Å². The summed E-state index contributed by atoms with van der Waals surface area (Å²) in [5.74, 6) is 0.724. The molecule has 1 saturated heterocycles. The molecule has 1 aliphatic heterocycles. The van der Waals surface area contributed by atoms with Gasteiger partial charge < -0.3 is 14.1 Å². The summed E-state index contributed by atoms with van der Waals surface area (Å²) in [4.78, 5) is 18.4. The summed E-state index contributed by atoms with van der Waals surface area (Å²) in [7, 11) is 0. The minimum absolute atomic E-state index is 0.102. The number of alkyl halides is 3. The predicted molar refractivity (Wildman–Crippen MR) is 110 cm³/mol. The van der Waals surface area contributed by atoms with E-state index in [4.69, 9.17) is 9.15 Å². The SMILES string of the molecule is CC(C)OC(=O)N1CCC(c2nc3cc(-c4ccc(C(F)(F)F)cc4)ccc3o2)CC1. The minimum atomic E-state index is -4.36. The van der Waals surface area contributed by atoms with Crippen molar-refractivity contribution >= 4 is 17.2 Å². The van der Waals surface area contributed by atoms with Crippen LogP contribution in [0, 0.1) is 0 Å². The van der Waals surface area contributed by atoms with Gasteiger partial charge >= 0.3 is 12.3 Å². The zero-order valence-corrected chi connectivity index (χ0v) is 17.3. The number of amides is 1. The Morgan fingerprint density at radius 2 is 1.74 bits per heavy atom. The Hall–Kier alpha value is -3.03. The first kappa shape index (κ1) is 21.2. The summed E-state index contributed by atoms with van der Waals surface area (Å²) in [6.45, 7) is 4.79. The number of rotatable bonds is 3. The van der Waals surface area contributed by atoms with Gasteiger partial charge in [0.25, 0.3) is 0 Å². The fourth-order valence-corrected chi connectivity index (χ4v) is 3.74. The number of hydrogen-bond acceptors (Lipinski definition) is 4. The van der Waals surface area contributed by atoms with Crippen molar-refractivity contribution in [3.8, 4) is 11.1 Å². The molecule has 5 nitrogen and oxygen atoms in total. The van der Waals surface area contributed by atoms with Gasteiger partial charge in [0, 0.05) is 19.0 Å². The van der Waals surface area contributed by atoms with Gasteiger partial charge in [-0.15, -0.1) is 0 Å². The van der Waals surface area contributed by atoms with E-state index in [-0.39, 0.29) is 18.1 Å². The van der Waals surface area contributed by atoms with Crippen LogP contribution < -0.4 is 0 Å². The molecule has 0 saturated carbocycles. The lowest BCUT2D eigenvalue weighted by Gasteiger charge is -2.30. The van der Waals surface area contributed by atoms with Crippen LogP contribution in [-0.4, -0.2) is 35.2 Å². The fraction of sp³-hybridized carbons (Fsp3) is 0.391. The van der Waals surface area contributed by atoms with Crippen LogP contribution in [0.15, 0.2) is 46.9 Å². The third-order valence-corrected chi connectivity index (χ3v) is 5.39. The average Bonchev–Trinajstić information content (AvgIpc) is 3.16. The molecule has 0 N–H and O–H groups in total. The molecular weight excluding hydrogens is 409 g/mol. The number of ether oxygens (including phenoxy) is 1. The molecule has 31 heavy (non-hydrogen) atoms. The van der Waals surface area contributed by atoms with E-state index in [0.29, 0.717) is 35.6 Å². The van der Waals surface area contributed by atoms with Crippen molar-refractivity contribution in [3.63, 3.8) is 0 Å². The summed E-state index contributed by atoms with van der Waals surface area (Å²) < 4.78 is 49.5. The Labute approximate surface area is 177 Å². The number of aromatic nitrogens is 1. The van der Waals surface area contributed by atoms with Crippen molar-refractivity contribution in [1.29, 1.82) is 0 Å². The van der Waals surface area contributed by atoms with Gasteiger partial charge in [-0.05, 0) is 62.1 Å². The molecule has 1 aliphatic rings. The molecular formula is C23H23F3N2O3. The van der Waals surface area contributed by atoms with E-state index in [1.807, 2.05) is 26.0 Å². The number of fused-ring (bicyclic) bond motifs is 1. The van der Waals surface area contributed by atoms with Crippen LogP contribution in [0.25, 0.3) is 22.2 Å². The van der Waals surface area contributed by atoms with E-state index in [1.165, 1.54) is 12.1 Å². The summed E-state index contributed by atoms with van der Waals surface area (Å²) in [6, 6.07) is 10.5. The maximum atomic E-state index is 12.8. The summed E-state index contributed by atoms with van der Waals surface area (Å²) >= 11 is 0. The van der Waals surface area contributed by atoms with Crippen molar-refractivity contribution < 1.29 is 27.1 Å². The second-order valence-electron chi connectivity index (χ2n) is 8.00. The molecule has 4 rings (SSSR count). The van der Waals surface area contributed by atoms with Crippen LogP contribution in [0.2, 0.25) is 0 Å². The van der Waals surface area contributed by atoms with Crippen molar-refractivity contribution in [2.45, 2.75) is 44.9 Å². The minimum Gasteiger partial charge on any atom is -0.447 e.